The van der Waals surface area contributed by atoms with E-state index in [0.717, 1.165) is 0 Å². The number of nitrogens with zero attached hydrogens (tertiary/aromatic N) is 4. The minimum atomic E-state index is -5.42. The van der Waals surface area contributed by atoms with Crippen molar-refractivity contribution in [1.29, 1.82) is 0 Å². The predicted octanol–water partition coefficient (Wildman–Crippen LogP) is -28.6. The van der Waals surface area contributed by atoms with Gasteiger partial charge in [0.25, 0.3) is 0 Å². The molecule has 0 N–H and O–H groups in total. The van der Waals surface area contributed by atoms with E-state index in [1.165, 1.54) is 0 Å². The molecule has 0 aromatic carbocycles. The Bertz CT molecular complexity index is 967. The van der Waals surface area contributed by atoms with E-state index in [-0.39, 0.29) is 308 Å². The van der Waals surface area contributed by atoms with Crippen molar-refractivity contribution < 1.29 is 394 Å². The van der Waals surface area contributed by atoms with Gasteiger partial charge in [0.1, 0.15) is 0 Å². The van der Waals surface area contributed by atoms with Crippen LogP contribution < -0.4 is 367 Å². The molecule has 0 atom stereocenters. The quantitative estimate of drug-likeness (QED) is 0.0761. The maximum absolute atomic E-state index is 11.3. The summed E-state index contributed by atoms with van der Waals surface area (Å²) in [7, 11) is -32.5. The fourth-order valence-electron chi connectivity index (χ4n) is 3.20. The number of hydrogen-bond donors (Lipinski definition) is 0. The van der Waals surface area contributed by atoms with Crippen molar-refractivity contribution in [3.05, 3.63) is 0 Å². The van der Waals surface area contributed by atoms with E-state index < -0.39 is 123 Å². The fraction of sp³-hybridized carbons (Fsp3) is 1.00. The molecule has 22 nitrogen and oxygen atoms in total. The summed E-state index contributed by atoms with van der Waals surface area (Å²) in [5.74, 6) is 0. The molecular formula is C12H24K6N4O18P6-6. The maximum Gasteiger partial charge on any atom is 1.00 e. The Balaban J connectivity index is -0.000000507. The second-order valence-corrected chi connectivity index (χ2v) is 17.6. The molecule has 0 aliphatic carbocycles. The van der Waals surface area contributed by atoms with Crippen molar-refractivity contribution in [2.45, 2.75) is 0 Å². The van der Waals surface area contributed by atoms with Crippen LogP contribution in [0.15, 0.2) is 0 Å². The molecule has 46 heavy (non-hydrogen) atoms. The summed E-state index contributed by atoms with van der Waals surface area (Å²) >= 11 is 0. The third-order valence-electron chi connectivity index (χ3n) is 4.44. The van der Waals surface area contributed by atoms with Crippen LogP contribution in [-0.4, -0.2) is 96.6 Å². The summed E-state index contributed by atoms with van der Waals surface area (Å²) in [5, 5.41) is 0. The van der Waals surface area contributed by atoms with E-state index >= 15 is 0 Å². The second-order valence-electron chi connectivity index (χ2n) is 8.54. The standard InChI is InChI=1S/C12H36N4O18P6.6K/c17-35(18,19)7-13(3-5-15(9-37(23,24)25)10-38(26,27)28)1-2-14(8-36(20,21)22)4-6-16(11-39(29,30)31)12-40(32,33)34;;;;;;/h1-12H2,(H2,17,18,19)(H2,20,21,22)(H2,23,24,25)(H2,26,27,28)(H2,29,30,31)(H2,32,33,34);;;;;;/q;6*+1/p-12. The van der Waals surface area contributed by atoms with Gasteiger partial charge in [-0.15, -0.1) is 0 Å². The van der Waals surface area contributed by atoms with Crippen LogP contribution in [0.25, 0.3) is 0 Å². The topological polar surface area (TPSA) is 392 Å². The van der Waals surface area contributed by atoms with Crippen LogP contribution >= 0.6 is 45.6 Å². The molecule has 0 saturated carbocycles. The molecule has 34 heteroatoms. The van der Waals surface area contributed by atoms with Crippen LogP contribution in [0.4, 0.5) is 0 Å². The van der Waals surface area contributed by atoms with Gasteiger partial charge in [-0.2, -0.15) is 0 Å². The van der Waals surface area contributed by atoms with Crippen LogP contribution in [-0.2, 0) is 27.4 Å². The molecule has 0 bridgehead atoms. The second kappa shape index (κ2) is 33.2. The van der Waals surface area contributed by atoms with Crippen LogP contribution in [0.3, 0.4) is 0 Å². The zero-order valence-corrected chi connectivity index (χ0v) is 50.4. The molecule has 0 radical (unpaired) electrons. The van der Waals surface area contributed by atoms with Crippen molar-refractivity contribution in [2.24, 2.45) is 0 Å². The summed E-state index contributed by atoms with van der Waals surface area (Å²) in [6, 6.07) is 0. The van der Waals surface area contributed by atoms with Gasteiger partial charge in [-0.1, -0.05) is 45.6 Å². The number of hydrogen-bond acceptors (Lipinski definition) is 22. The molecule has 0 aliphatic heterocycles. The Morgan fingerprint density at radius 1 is 0.261 bits per heavy atom. The Kier molecular flexibility index (Phi) is 51.3. The minimum absolute atomic E-state index is 0. The SMILES string of the molecule is O=P([O-])([O-])CN(CCN(CCN(CP(=O)([O-])[O-])CP(=O)([O-])[O-])CP(=O)([O-])[O-])CCN(CP(=O)([O-])[O-])CP(=O)([O-])[O-].[K+].[K+].[K+].[K+].[K+].[K+]. The molecular weight excluding hydrogens is 909 g/mol. The first-order valence-electron chi connectivity index (χ1n) is 10.5. The van der Waals surface area contributed by atoms with Crippen molar-refractivity contribution in [3.63, 3.8) is 0 Å². The summed E-state index contributed by atoms with van der Waals surface area (Å²) in [6.07, 6.45) is -8.51. The molecule has 0 unspecified atom stereocenters. The first-order valence-corrected chi connectivity index (χ1v) is 20.8. The van der Waals surface area contributed by atoms with Crippen molar-refractivity contribution >= 4 is 45.6 Å². The average Bonchev–Trinajstić information content (AvgIpc) is 2.60. The molecule has 0 aliphatic rings. The molecule has 0 amide bonds. The van der Waals surface area contributed by atoms with E-state index in [9.17, 15) is 86.1 Å². The van der Waals surface area contributed by atoms with Gasteiger partial charge in [0.05, 0.1) is 0 Å². The zero-order valence-electron chi connectivity index (χ0n) is 26.3. The molecule has 0 heterocycles. The van der Waals surface area contributed by atoms with Gasteiger partial charge < -0.3 is 86.1 Å². The van der Waals surface area contributed by atoms with Crippen molar-refractivity contribution in [2.75, 3.05) is 77.0 Å². The number of rotatable bonds is 21. The van der Waals surface area contributed by atoms with Crippen LogP contribution in [0, 0.1) is 0 Å². The van der Waals surface area contributed by atoms with E-state index in [4.69, 9.17) is 0 Å². The van der Waals surface area contributed by atoms with Crippen molar-refractivity contribution in [3.8, 4) is 0 Å². The molecule has 242 valence electrons. The van der Waals surface area contributed by atoms with E-state index in [1.54, 1.807) is 0 Å². The van der Waals surface area contributed by atoms with Gasteiger partial charge in [-0.3, -0.25) is 19.6 Å². The molecule has 0 spiro atoms. The third kappa shape index (κ3) is 50.7. The Labute approximate surface area is 522 Å². The zero-order chi connectivity index (χ0) is 31.8. The molecule has 0 saturated heterocycles. The molecule has 0 aromatic rings. The summed E-state index contributed by atoms with van der Waals surface area (Å²) in [6.45, 7) is -4.20. The van der Waals surface area contributed by atoms with Crippen molar-refractivity contribution in [1.82, 2.24) is 19.6 Å². The first kappa shape index (κ1) is 71.1. The van der Waals surface area contributed by atoms with Gasteiger partial charge in [0, 0.05) is 77.0 Å². The monoisotopic (exact) mass is 932 g/mol. The Morgan fingerprint density at radius 2 is 0.370 bits per heavy atom. The van der Waals surface area contributed by atoms with Gasteiger partial charge >= 0.3 is 308 Å². The maximum atomic E-state index is 11.3. The Morgan fingerprint density at radius 3 is 0.500 bits per heavy atom. The van der Waals surface area contributed by atoms with E-state index in [1.807, 2.05) is 0 Å². The van der Waals surface area contributed by atoms with E-state index in [0.29, 0.717) is 19.6 Å². The smallest absolute Gasteiger partial charge is 0.810 e. The largest absolute Gasteiger partial charge is 1.00 e. The fourth-order valence-corrected chi connectivity index (χ4v) is 7.98. The van der Waals surface area contributed by atoms with Gasteiger partial charge in [-0.25, -0.2) is 0 Å². The van der Waals surface area contributed by atoms with E-state index in [2.05, 4.69) is 0 Å². The van der Waals surface area contributed by atoms with Crippen LogP contribution in [0.1, 0.15) is 0 Å². The van der Waals surface area contributed by atoms with Gasteiger partial charge in [0.15, 0.2) is 0 Å². The summed E-state index contributed by atoms with van der Waals surface area (Å²) < 4.78 is 66.7. The van der Waals surface area contributed by atoms with Crippen LogP contribution in [0.2, 0.25) is 0 Å². The van der Waals surface area contributed by atoms with Gasteiger partial charge in [-0.05, 0) is 0 Å². The normalized spacial score (nSPS) is 12.8. The Hall–Kier alpha value is 10.6. The third-order valence-corrected chi connectivity index (χ3v) is 8.92. The molecule has 0 aromatic heterocycles. The molecule has 0 rings (SSSR count). The van der Waals surface area contributed by atoms with Gasteiger partial charge in [0.2, 0.25) is 0 Å². The first-order chi connectivity index (χ1) is 17.5. The van der Waals surface area contributed by atoms with Crippen LogP contribution in [0.5, 0.6) is 0 Å². The average molecular weight is 933 g/mol. The minimum Gasteiger partial charge on any atom is -0.810 e. The molecule has 0 fully saturated rings. The predicted molar refractivity (Wildman–Crippen MR) is 111 cm³/mol. The summed E-state index contributed by atoms with van der Waals surface area (Å²) in [5.41, 5.74) is 0. The summed E-state index contributed by atoms with van der Waals surface area (Å²) in [4.78, 5) is 135.